The van der Waals surface area contributed by atoms with Crippen molar-refractivity contribution in [1.82, 2.24) is 10.3 Å². The van der Waals surface area contributed by atoms with E-state index in [9.17, 15) is 4.79 Å². The third-order valence-corrected chi connectivity index (χ3v) is 3.05. The van der Waals surface area contributed by atoms with E-state index in [1.807, 2.05) is 18.3 Å². The molecule has 1 heterocycles. The van der Waals surface area contributed by atoms with Crippen LogP contribution >= 0.6 is 0 Å². The van der Waals surface area contributed by atoms with Crippen molar-refractivity contribution in [3.63, 3.8) is 0 Å². The molecule has 0 aliphatic rings. The highest BCUT2D eigenvalue weighted by Gasteiger charge is 2.09. The fourth-order valence-corrected chi connectivity index (χ4v) is 2.15. The van der Waals surface area contributed by atoms with Gasteiger partial charge in [-0.15, -0.1) is 0 Å². The molecule has 0 aliphatic heterocycles. The smallest absolute Gasteiger partial charge is 0.224 e. The van der Waals surface area contributed by atoms with Crippen LogP contribution in [0.2, 0.25) is 0 Å². The maximum absolute atomic E-state index is 11.6. The molecule has 0 fully saturated rings. The standard InChI is InChI=1S/C14H18N2O2/c1-2-10-4-3-5-12-11(9-16-14(10)12)8-13(18)15-6-7-17/h3-5,9,16-17H,2,6-8H2,1H3,(H,15,18). The molecule has 0 radical (unpaired) electrons. The fourth-order valence-electron chi connectivity index (χ4n) is 2.15. The summed E-state index contributed by atoms with van der Waals surface area (Å²) in [5, 5.41) is 12.4. The van der Waals surface area contributed by atoms with E-state index in [1.165, 1.54) is 5.56 Å². The minimum absolute atomic E-state index is 0.0282. The number of aryl methyl sites for hydroxylation is 1. The average molecular weight is 246 g/mol. The van der Waals surface area contributed by atoms with Gasteiger partial charge in [-0.25, -0.2) is 0 Å². The van der Waals surface area contributed by atoms with E-state index in [1.54, 1.807) is 0 Å². The lowest BCUT2D eigenvalue weighted by Gasteiger charge is -2.03. The van der Waals surface area contributed by atoms with Gasteiger partial charge in [0.05, 0.1) is 13.0 Å². The molecule has 2 aromatic rings. The van der Waals surface area contributed by atoms with Crippen molar-refractivity contribution in [2.24, 2.45) is 0 Å². The average Bonchev–Trinajstić information content (AvgIpc) is 2.79. The first kappa shape index (κ1) is 12.6. The first-order valence-electron chi connectivity index (χ1n) is 6.21. The van der Waals surface area contributed by atoms with Gasteiger partial charge in [0.25, 0.3) is 0 Å². The maximum Gasteiger partial charge on any atom is 0.224 e. The third kappa shape index (κ3) is 2.54. The van der Waals surface area contributed by atoms with Crippen molar-refractivity contribution in [1.29, 1.82) is 0 Å². The minimum atomic E-state index is -0.0631. The molecule has 0 saturated heterocycles. The van der Waals surface area contributed by atoms with Crippen molar-refractivity contribution in [2.75, 3.05) is 13.2 Å². The molecule has 1 aromatic heterocycles. The summed E-state index contributed by atoms with van der Waals surface area (Å²) in [7, 11) is 0. The Bertz CT molecular complexity index is 546. The van der Waals surface area contributed by atoms with Gasteiger partial charge >= 0.3 is 0 Å². The number of rotatable bonds is 5. The van der Waals surface area contributed by atoms with Crippen molar-refractivity contribution < 1.29 is 9.90 Å². The lowest BCUT2D eigenvalue weighted by atomic mass is 10.1. The van der Waals surface area contributed by atoms with E-state index < -0.39 is 0 Å². The van der Waals surface area contributed by atoms with Crippen molar-refractivity contribution in [2.45, 2.75) is 19.8 Å². The molecule has 4 heteroatoms. The summed E-state index contributed by atoms with van der Waals surface area (Å²) in [5.41, 5.74) is 3.37. The lowest BCUT2D eigenvalue weighted by Crippen LogP contribution is -2.27. The highest BCUT2D eigenvalue weighted by Crippen LogP contribution is 2.22. The van der Waals surface area contributed by atoms with Crippen LogP contribution in [0.5, 0.6) is 0 Å². The molecule has 0 unspecified atom stereocenters. The number of carbonyl (C=O) groups excluding carboxylic acids is 1. The van der Waals surface area contributed by atoms with Gasteiger partial charge in [0.2, 0.25) is 5.91 Å². The Morgan fingerprint density at radius 3 is 2.94 bits per heavy atom. The number of aliphatic hydroxyl groups is 1. The maximum atomic E-state index is 11.6. The number of aromatic nitrogens is 1. The number of fused-ring (bicyclic) bond motifs is 1. The minimum Gasteiger partial charge on any atom is -0.395 e. The highest BCUT2D eigenvalue weighted by atomic mass is 16.3. The Hall–Kier alpha value is -1.81. The lowest BCUT2D eigenvalue weighted by molar-refractivity contribution is -0.120. The van der Waals surface area contributed by atoms with E-state index in [-0.39, 0.29) is 12.5 Å². The summed E-state index contributed by atoms with van der Waals surface area (Å²) in [6, 6.07) is 6.14. The van der Waals surface area contributed by atoms with E-state index in [4.69, 9.17) is 5.11 Å². The summed E-state index contributed by atoms with van der Waals surface area (Å²) in [6.07, 6.45) is 3.20. The number of benzene rings is 1. The zero-order valence-corrected chi connectivity index (χ0v) is 10.5. The number of amides is 1. The molecule has 1 aromatic carbocycles. The molecule has 18 heavy (non-hydrogen) atoms. The van der Waals surface area contributed by atoms with Crippen molar-refractivity contribution >= 4 is 16.8 Å². The second-order valence-electron chi connectivity index (χ2n) is 4.26. The molecule has 0 bridgehead atoms. The molecular weight excluding hydrogens is 228 g/mol. The summed E-state index contributed by atoms with van der Waals surface area (Å²) >= 11 is 0. The first-order valence-corrected chi connectivity index (χ1v) is 6.21. The molecular formula is C14H18N2O2. The summed E-state index contributed by atoms with van der Waals surface area (Å²) in [6.45, 7) is 2.39. The van der Waals surface area contributed by atoms with Gasteiger partial charge in [0.1, 0.15) is 0 Å². The summed E-state index contributed by atoms with van der Waals surface area (Å²) < 4.78 is 0. The van der Waals surface area contributed by atoms with Crippen molar-refractivity contribution in [3.8, 4) is 0 Å². The number of hydrogen-bond donors (Lipinski definition) is 3. The van der Waals surface area contributed by atoms with E-state index in [0.717, 1.165) is 22.9 Å². The predicted molar refractivity (Wildman–Crippen MR) is 71.5 cm³/mol. The third-order valence-electron chi connectivity index (χ3n) is 3.05. The van der Waals surface area contributed by atoms with Crippen molar-refractivity contribution in [3.05, 3.63) is 35.5 Å². The Morgan fingerprint density at radius 2 is 2.22 bits per heavy atom. The first-order chi connectivity index (χ1) is 8.76. The Labute approximate surface area is 106 Å². The molecule has 0 saturated carbocycles. The Morgan fingerprint density at radius 1 is 1.39 bits per heavy atom. The van der Waals surface area contributed by atoms with Gasteiger partial charge in [-0.05, 0) is 17.5 Å². The molecule has 1 amide bonds. The fraction of sp³-hybridized carbons (Fsp3) is 0.357. The van der Waals surface area contributed by atoms with Gasteiger partial charge in [-0.1, -0.05) is 25.1 Å². The van der Waals surface area contributed by atoms with Gasteiger partial charge in [-0.3, -0.25) is 4.79 Å². The molecule has 4 nitrogen and oxygen atoms in total. The van der Waals surface area contributed by atoms with Gasteiger partial charge in [0.15, 0.2) is 0 Å². The van der Waals surface area contributed by atoms with Crippen LogP contribution < -0.4 is 5.32 Å². The van der Waals surface area contributed by atoms with Crippen LogP contribution in [0, 0.1) is 0 Å². The van der Waals surface area contributed by atoms with Crippen LogP contribution in [0.4, 0.5) is 0 Å². The van der Waals surface area contributed by atoms with E-state index >= 15 is 0 Å². The number of aromatic amines is 1. The Balaban J connectivity index is 2.22. The van der Waals surface area contributed by atoms with Crippen LogP contribution in [0.3, 0.4) is 0 Å². The summed E-state index contributed by atoms with van der Waals surface area (Å²) in [4.78, 5) is 14.9. The molecule has 0 atom stereocenters. The number of para-hydroxylation sites is 1. The van der Waals surface area contributed by atoms with Crippen LogP contribution in [-0.2, 0) is 17.6 Å². The SMILES string of the molecule is CCc1cccc2c(CC(=O)NCCO)c[nH]c12. The molecule has 0 spiro atoms. The number of nitrogens with one attached hydrogen (secondary N) is 2. The number of aliphatic hydroxyl groups excluding tert-OH is 1. The zero-order valence-electron chi connectivity index (χ0n) is 10.5. The number of carbonyl (C=O) groups is 1. The molecule has 96 valence electrons. The second kappa shape index (κ2) is 5.69. The van der Waals surface area contributed by atoms with Crippen LogP contribution in [0.15, 0.2) is 24.4 Å². The van der Waals surface area contributed by atoms with Crippen LogP contribution in [0.1, 0.15) is 18.1 Å². The zero-order chi connectivity index (χ0) is 13.0. The monoisotopic (exact) mass is 246 g/mol. The quantitative estimate of drug-likeness (QED) is 0.746. The van der Waals surface area contributed by atoms with Gasteiger partial charge < -0.3 is 15.4 Å². The predicted octanol–water partition coefficient (Wildman–Crippen LogP) is 1.38. The molecule has 2 rings (SSSR count). The number of H-pyrrole nitrogens is 1. The Kier molecular flexibility index (Phi) is 3.99. The topological polar surface area (TPSA) is 65.1 Å². The number of hydrogen-bond acceptors (Lipinski definition) is 2. The highest BCUT2D eigenvalue weighted by molar-refractivity contribution is 5.90. The van der Waals surface area contributed by atoms with E-state index in [0.29, 0.717) is 13.0 Å². The van der Waals surface area contributed by atoms with Crippen LogP contribution in [-0.4, -0.2) is 29.1 Å². The van der Waals surface area contributed by atoms with Gasteiger partial charge in [0, 0.05) is 23.6 Å². The molecule has 0 aliphatic carbocycles. The largest absolute Gasteiger partial charge is 0.395 e. The normalized spacial score (nSPS) is 10.8. The second-order valence-corrected chi connectivity index (χ2v) is 4.26. The molecule has 3 N–H and O–H groups in total. The van der Waals surface area contributed by atoms with Gasteiger partial charge in [-0.2, -0.15) is 0 Å². The van der Waals surface area contributed by atoms with Crippen LogP contribution in [0.25, 0.3) is 10.9 Å². The van der Waals surface area contributed by atoms with E-state index in [2.05, 4.69) is 23.3 Å². The summed E-state index contributed by atoms with van der Waals surface area (Å²) in [5.74, 6) is -0.0631.